The number of rotatable bonds is 6. The highest BCUT2D eigenvalue weighted by molar-refractivity contribution is 6.33. The molecule has 0 aliphatic carbocycles. The van der Waals surface area contributed by atoms with Crippen molar-refractivity contribution < 1.29 is 18.4 Å². The molecule has 0 unspecified atom stereocenters. The number of furan rings is 1. The first-order valence-electron chi connectivity index (χ1n) is 10.5. The molecule has 2 aromatic heterocycles. The first-order valence-corrected chi connectivity index (χ1v) is 10.8. The Morgan fingerprint density at radius 2 is 2.03 bits per heavy atom. The molecule has 1 saturated heterocycles. The Balaban J connectivity index is 1.33. The van der Waals surface area contributed by atoms with Gasteiger partial charge in [0.25, 0.3) is 5.89 Å². The number of anilines is 2. The number of amides is 2. The average Bonchev–Trinajstić information content (AvgIpc) is 3.50. The van der Waals surface area contributed by atoms with Gasteiger partial charge in [-0.2, -0.15) is 10.2 Å². The SMILES string of the molecule is CN(CC(=O)Nc1ccccc1Cl)C(=O)C1CCN(c2oc(-c3ccco3)nc2C#N)CC1. The summed E-state index contributed by atoms with van der Waals surface area (Å²) in [5.74, 6) is 0.425. The summed E-state index contributed by atoms with van der Waals surface area (Å²) in [6.07, 6.45) is 2.64. The van der Waals surface area contributed by atoms with Crippen LogP contribution in [0.4, 0.5) is 11.6 Å². The Morgan fingerprint density at radius 3 is 2.70 bits per heavy atom. The Hall–Kier alpha value is -3.77. The van der Waals surface area contributed by atoms with Crippen molar-refractivity contribution in [2.45, 2.75) is 12.8 Å². The number of nitrogens with one attached hydrogen (secondary N) is 1. The summed E-state index contributed by atoms with van der Waals surface area (Å²) in [7, 11) is 1.61. The van der Waals surface area contributed by atoms with E-state index in [1.54, 1.807) is 43.4 Å². The van der Waals surface area contributed by atoms with Crippen molar-refractivity contribution in [2.75, 3.05) is 36.9 Å². The average molecular weight is 468 g/mol. The van der Waals surface area contributed by atoms with Gasteiger partial charge in [0.1, 0.15) is 6.07 Å². The lowest BCUT2D eigenvalue weighted by Gasteiger charge is -2.32. The third-order valence-electron chi connectivity index (χ3n) is 5.48. The van der Waals surface area contributed by atoms with Crippen molar-refractivity contribution in [1.29, 1.82) is 5.26 Å². The molecule has 1 fully saturated rings. The Bertz CT molecular complexity index is 1180. The molecule has 2 amide bonds. The summed E-state index contributed by atoms with van der Waals surface area (Å²) in [6, 6.07) is 12.4. The van der Waals surface area contributed by atoms with Crippen LogP contribution >= 0.6 is 11.6 Å². The van der Waals surface area contributed by atoms with Crippen LogP contribution in [0.25, 0.3) is 11.7 Å². The van der Waals surface area contributed by atoms with Gasteiger partial charge in [-0.25, -0.2) is 0 Å². The van der Waals surface area contributed by atoms with Crippen LogP contribution in [0.1, 0.15) is 18.5 Å². The Kier molecular flexibility index (Phi) is 6.66. The molecule has 0 saturated carbocycles. The molecule has 33 heavy (non-hydrogen) atoms. The monoisotopic (exact) mass is 467 g/mol. The van der Waals surface area contributed by atoms with Gasteiger partial charge < -0.3 is 24.0 Å². The van der Waals surface area contributed by atoms with Crippen LogP contribution in [0.15, 0.2) is 51.5 Å². The number of aromatic nitrogens is 1. The van der Waals surface area contributed by atoms with Gasteiger partial charge in [-0.05, 0) is 37.1 Å². The summed E-state index contributed by atoms with van der Waals surface area (Å²) in [4.78, 5) is 32.8. The maximum Gasteiger partial charge on any atom is 0.266 e. The topological polar surface area (TPSA) is 116 Å². The second kappa shape index (κ2) is 9.79. The van der Waals surface area contributed by atoms with Crippen LogP contribution in [0, 0.1) is 17.2 Å². The summed E-state index contributed by atoms with van der Waals surface area (Å²) < 4.78 is 11.1. The lowest BCUT2D eigenvalue weighted by atomic mass is 9.95. The van der Waals surface area contributed by atoms with Crippen molar-refractivity contribution in [3.05, 3.63) is 53.4 Å². The van der Waals surface area contributed by atoms with Gasteiger partial charge in [0.05, 0.1) is 23.5 Å². The predicted octanol–water partition coefficient (Wildman–Crippen LogP) is 3.77. The largest absolute Gasteiger partial charge is 0.459 e. The molecule has 0 atom stereocenters. The number of carbonyl (C=O) groups excluding carboxylic acids is 2. The van der Waals surface area contributed by atoms with Gasteiger partial charge in [-0.1, -0.05) is 23.7 Å². The summed E-state index contributed by atoms with van der Waals surface area (Å²) in [6.45, 7) is 0.979. The molecule has 1 aromatic carbocycles. The lowest BCUT2D eigenvalue weighted by Crippen LogP contribution is -2.43. The van der Waals surface area contributed by atoms with Crippen LogP contribution in [-0.2, 0) is 9.59 Å². The van der Waals surface area contributed by atoms with Crippen LogP contribution in [0.2, 0.25) is 5.02 Å². The number of para-hydroxylation sites is 1. The number of nitrogens with zero attached hydrogens (tertiary/aromatic N) is 4. The maximum atomic E-state index is 12.9. The Morgan fingerprint density at radius 1 is 1.27 bits per heavy atom. The molecule has 170 valence electrons. The van der Waals surface area contributed by atoms with Gasteiger partial charge in [0.15, 0.2) is 5.76 Å². The summed E-state index contributed by atoms with van der Waals surface area (Å²) >= 11 is 6.07. The molecule has 0 bridgehead atoms. The van der Waals surface area contributed by atoms with E-state index in [0.717, 1.165) is 0 Å². The highest BCUT2D eigenvalue weighted by Crippen LogP contribution is 2.31. The molecule has 0 spiro atoms. The van der Waals surface area contributed by atoms with Crippen molar-refractivity contribution in [2.24, 2.45) is 5.92 Å². The summed E-state index contributed by atoms with van der Waals surface area (Å²) in [5, 5.41) is 12.6. The van der Waals surface area contributed by atoms with Crippen LogP contribution in [0.5, 0.6) is 0 Å². The van der Waals surface area contributed by atoms with Crippen molar-refractivity contribution in [3.8, 4) is 17.7 Å². The molecule has 9 nitrogen and oxygen atoms in total. The van der Waals surface area contributed by atoms with E-state index in [4.69, 9.17) is 20.4 Å². The third-order valence-corrected chi connectivity index (χ3v) is 5.81. The van der Waals surface area contributed by atoms with Crippen molar-refractivity contribution in [1.82, 2.24) is 9.88 Å². The highest BCUT2D eigenvalue weighted by Gasteiger charge is 2.31. The quantitative estimate of drug-likeness (QED) is 0.586. The molecule has 1 aliphatic heterocycles. The first-order chi connectivity index (χ1) is 16.0. The minimum absolute atomic E-state index is 0.0720. The van der Waals surface area contributed by atoms with Crippen molar-refractivity contribution in [3.63, 3.8) is 0 Å². The van der Waals surface area contributed by atoms with E-state index < -0.39 is 0 Å². The molecule has 0 radical (unpaired) electrons. The van der Waals surface area contributed by atoms with E-state index in [0.29, 0.717) is 48.3 Å². The van der Waals surface area contributed by atoms with Gasteiger partial charge in [0.2, 0.25) is 23.4 Å². The first kappa shape index (κ1) is 22.4. The molecular weight excluding hydrogens is 446 g/mol. The fraction of sp³-hybridized carbons (Fsp3) is 0.304. The number of hydrogen-bond donors (Lipinski definition) is 1. The predicted molar refractivity (Wildman–Crippen MR) is 122 cm³/mol. The number of carbonyl (C=O) groups is 2. The number of nitriles is 1. The number of oxazole rings is 1. The molecule has 3 heterocycles. The van der Waals surface area contributed by atoms with E-state index in [9.17, 15) is 14.9 Å². The third kappa shape index (κ3) is 5.02. The minimum atomic E-state index is -0.317. The summed E-state index contributed by atoms with van der Waals surface area (Å²) in [5.41, 5.74) is 0.687. The van der Waals surface area contributed by atoms with E-state index in [1.165, 1.54) is 11.2 Å². The number of benzene rings is 1. The second-order valence-corrected chi connectivity index (χ2v) is 8.15. The molecule has 10 heteroatoms. The fourth-order valence-corrected chi connectivity index (χ4v) is 3.97. The molecule has 1 N–H and O–H groups in total. The number of halogens is 1. The fourth-order valence-electron chi connectivity index (χ4n) is 3.79. The second-order valence-electron chi connectivity index (χ2n) is 7.75. The van der Waals surface area contributed by atoms with Crippen molar-refractivity contribution >= 4 is 35.0 Å². The lowest BCUT2D eigenvalue weighted by molar-refractivity contribution is -0.137. The van der Waals surface area contributed by atoms with E-state index in [2.05, 4.69) is 16.4 Å². The van der Waals surface area contributed by atoms with Crippen LogP contribution < -0.4 is 10.2 Å². The zero-order chi connectivity index (χ0) is 23.4. The van der Waals surface area contributed by atoms with E-state index in [-0.39, 0.29) is 35.9 Å². The smallest absolute Gasteiger partial charge is 0.266 e. The maximum absolute atomic E-state index is 12.9. The minimum Gasteiger partial charge on any atom is -0.459 e. The molecule has 1 aliphatic rings. The van der Waals surface area contributed by atoms with E-state index >= 15 is 0 Å². The van der Waals surface area contributed by atoms with Gasteiger partial charge >= 0.3 is 0 Å². The Labute approximate surface area is 195 Å². The molecule has 3 aromatic rings. The number of piperidine rings is 1. The van der Waals surface area contributed by atoms with Gasteiger partial charge in [0, 0.05) is 26.1 Å². The van der Waals surface area contributed by atoms with Crippen LogP contribution in [-0.4, -0.2) is 48.4 Å². The zero-order valence-electron chi connectivity index (χ0n) is 18.0. The van der Waals surface area contributed by atoms with Crippen LogP contribution in [0.3, 0.4) is 0 Å². The normalized spacial score (nSPS) is 14.0. The molecule has 4 rings (SSSR count). The standard InChI is InChI=1S/C23H22ClN5O4/c1-28(14-20(30)26-17-6-3-2-5-16(17)24)22(31)15-8-10-29(11-9-15)23-18(13-25)27-21(33-23)19-7-4-12-32-19/h2-7,12,15H,8-11,14H2,1H3,(H,26,30). The highest BCUT2D eigenvalue weighted by atomic mass is 35.5. The number of likely N-dealkylation sites (N-methyl/N-ethyl adjacent to an activating group) is 1. The van der Waals surface area contributed by atoms with E-state index in [1.807, 2.05) is 4.90 Å². The van der Waals surface area contributed by atoms with Gasteiger partial charge in [-0.15, -0.1) is 0 Å². The van der Waals surface area contributed by atoms with Gasteiger partial charge in [-0.3, -0.25) is 9.59 Å². The zero-order valence-corrected chi connectivity index (χ0v) is 18.7. The number of hydrogen-bond acceptors (Lipinski definition) is 7. The molecular formula is C23H22ClN5O4.